The van der Waals surface area contributed by atoms with Crippen molar-refractivity contribution in [1.82, 2.24) is 15.5 Å². The number of amides is 3. The second kappa shape index (κ2) is 9.68. The summed E-state index contributed by atoms with van der Waals surface area (Å²) >= 11 is 0. The molecule has 1 heterocycles. The van der Waals surface area contributed by atoms with E-state index < -0.39 is 17.7 Å². The average molecular weight is 431 g/mol. The third-order valence-electron chi connectivity index (χ3n) is 5.37. The van der Waals surface area contributed by atoms with E-state index >= 15 is 0 Å². The van der Waals surface area contributed by atoms with Crippen LogP contribution in [0.25, 0.3) is 0 Å². The van der Waals surface area contributed by atoms with Gasteiger partial charge in [-0.25, -0.2) is 4.79 Å². The summed E-state index contributed by atoms with van der Waals surface area (Å²) in [5.41, 5.74) is 7.47. The molecule has 1 aromatic rings. The lowest BCUT2D eigenvalue weighted by Crippen LogP contribution is -2.46. The zero-order chi connectivity index (χ0) is 22.6. The first-order valence-corrected chi connectivity index (χ1v) is 11.0. The smallest absolute Gasteiger partial charge is 0.407 e. The van der Waals surface area contributed by atoms with Gasteiger partial charge < -0.3 is 26.0 Å². The van der Waals surface area contributed by atoms with Crippen molar-refractivity contribution in [3.63, 3.8) is 0 Å². The Bertz CT molecular complexity index is 799. The van der Waals surface area contributed by atoms with Gasteiger partial charge in [0.25, 0.3) is 0 Å². The summed E-state index contributed by atoms with van der Waals surface area (Å²) < 4.78 is 5.22. The number of nitrogens with one attached hydrogen (secondary N) is 2. The van der Waals surface area contributed by atoms with Crippen molar-refractivity contribution >= 4 is 17.9 Å². The number of nitrogens with zero attached hydrogens (tertiary/aromatic N) is 1. The van der Waals surface area contributed by atoms with Gasteiger partial charge in [-0.2, -0.15) is 0 Å². The molecule has 8 nitrogen and oxygen atoms in total. The fraction of sp³-hybridized carbons (Fsp3) is 0.609. The molecule has 1 saturated heterocycles. The highest BCUT2D eigenvalue weighted by Gasteiger charge is 2.39. The van der Waals surface area contributed by atoms with Gasteiger partial charge in [0.15, 0.2) is 0 Å². The predicted molar refractivity (Wildman–Crippen MR) is 117 cm³/mol. The van der Waals surface area contributed by atoms with E-state index in [9.17, 15) is 14.4 Å². The number of carbonyl (C=O) groups is 3. The normalized spacial score (nSPS) is 21.0. The van der Waals surface area contributed by atoms with Crippen LogP contribution >= 0.6 is 0 Å². The lowest BCUT2D eigenvalue weighted by atomic mass is 10.1. The lowest BCUT2D eigenvalue weighted by molar-refractivity contribution is -0.138. The molecule has 3 amide bonds. The van der Waals surface area contributed by atoms with E-state index in [0.29, 0.717) is 32.4 Å². The Balaban J connectivity index is 1.46. The molecule has 0 bridgehead atoms. The van der Waals surface area contributed by atoms with Crippen molar-refractivity contribution in [3.8, 4) is 0 Å². The Hall–Kier alpha value is -2.61. The van der Waals surface area contributed by atoms with Crippen molar-refractivity contribution in [1.29, 1.82) is 0 Å². The van der Waals surface area contributed by atoms with Crippen LogP contribution in [0, 0.1) is 0 Å². The standard InChI is InChI=1S/C23H34N4O4/c1-23(2,3)31-22(30)25-13-16-6-4-15(5-7-16)8-11-20(28)27-14-17(24)12-19(27)21(29)26-18-9-10-18/h4-7,17-19H,8-14,24H2,1-3H3,(H,25,30)(H,26,29)/t17?,19-/m0/s1. The zero-order valence-electron chi connectivity index (χ0n) is 18.6. The largest absolute Gasteiger partial charge is 0.444 e. The van der Waals surface area contributed by atoms with Gasteiger partial charge in [0, 0.05) is 31.6 Å². The minimum absolute atomic E-state index is 0.0421. The number of rotatable bonds is 7. The molecule has 1 aliphatic heterocycles. The topological polar surface area (TPSA) is 114 Å². The minimum atomic E-state index is -0.530. The van der Waals surface area contributed by atoms with Gasteiger partial charge in [0.2, 0.25) is 11.8 Å². The Morgan fingerprint density at radius 2 is 1.77 bits per heavy atom. The van der Waals surface area contributed by atoms with Gasteiger partial charge in [0.1, 0.15) is 11.6 Å². The quantitative estimate of drug-likeness (QED) is 0.611. The third-order valence-corrected chi connectivity index (χ3v) is 5.37. The average Bonchev–Trinajstić information content (AvgIpc) is 3.42. The van der Waals surface area contributed by atoms with Gasteiger partial charge in [-0.3, -0.25) is 9.59 Å². The zero-order valence-corrected chi connectivity index (χ0v) is 18.6. The number of aryl methyl sites for hydroxylation is 1. The molecular weight excluding hydrogens is 396 g/mol. The fourth-order valence-corrected chi connectivity index (χ4v) is 3.62. The molecule has 0 radical (unpaired) electrons. The maximum Gasteiger partial charge on any atom is 0.407 e. The van der Waals surface area contributed by atoms with Crippen molar-refractivity contribution in [2.75, 3.05) is 6.54 Å². The number of likely N-dealkylation sites (tertiary alicyclic amines) is 1. The maximum absolute atomic E-state index is 12.8. The van der Waals surface area contributed by atoms with Crippen molar-refractivity contribution in [2.24, 2.45) is 5.73 Å². The number of ether oxygens (including phenoxy) is 1. The molecular formula is C23H34N4O4. The van der Waals surface area contributed by atoms with E-state index in [-0.39, 0.29) is 23.9 Å². The van der Waals surface area contributed by atoms with Gasteiger partial charge in [0.05, 0.1) is 0 Å². The van der Waals surface area contributed by atoms with E-state index in [4.69, 9.17) is 10.5 Å². The molecule has 3 rings (SSSR count). The van der Waals surface area contributed by atoms with E-state index in [1.54, 1.807) is 4.90 Å². The van der Waals surface area contributed by atoms with Crippen molar-refractivity contribution in [3.05, 3.63) is 35.4 Å². The van der Waals surface area contributed by atoms with Gasteiger partial charge in [-0.1, -0.05) is 24.3 Å². The highest BCUT2D eigenvalue weighted by Crippen LogP contribution is 2.23. The van der Waals surface area contributed by atoms with Gasteiger partial charge >= 0.3 is 6.09 Å². The predicted octanol–water partition coefficient (Wildman–Crippen LogP) is 1.85. The maximum atomic E-state index is 12.8. The molecule has 1 saturated carbocycles. The molecule has 170 valence electrons. The minimum Gasteiger partial charge on any atom is -0.444 e. The molecule has 0 spiro atoms. The summed E-state index contributed by atoms with van der Waals surface area (Å²) in [5, 5.41) is 5.71. The van der Waals surface area contributed by atoms with E-state index in [0.717, 1.165) is 24.0 Å². The first kappa shape index (κ1) is 23.1. The summed E-state index contributed by atoms with van der Waals surface area (Å²) in [5.74, 6) is -0.120. The highest BCUT2D eigenvalue weighted by molar-refractivity contribution is 5.88. The number of nitrogens with two attached hydrogens (primary N) is 1. The molecule has 8 heteroatoms. The number of carbonyl (C=O) groups excluding carboxylic acids is 3. The summed E-state index contributed by atoms with van der Waals surface area (Å²) in [6, 6.07) is 7.41. The van der Waals surface area contributed by atoms with E-state index in [1.165, 1.54) is 0 Å². The first-order valence-electron chi connectivity index (χ1n) is 11.0. The Morgan fingerprint density at radius 1 is 1.13 bits per heavy atom. The summed E-state index contributed by atoms with van der Waals surface area (Å²) in [6.07, 6.45) is 3.01. The molecule has 31 heavy (non-hydrogen) atoms. The van der Waals surface area contributed by atoms with Crippen molar-refractivity contribution in [2.45, 2.75) is 83.1 Å². The second-order valence-electron chi connectivity index (χ2n) is 9.51. The van der Waals surface area contributed by atoms with Crippen LogP contribution in [0.2, 0.25) is 0 Å². The van der Waals surface area contributed by atoms with E-state index in [2.05, 4.69) is 10.6 Å². The van der Waals surface area contributed by atoms with Crippen LogP contribution in [-0.4, -0.2) is 53.1 Å². The monoisotopic (exact) mass is 430 g/mol. The molecule has 1 aromatic carbocycles. The SMILES string of the molecule is CC(C)(C)OC(=O)NCc1ccc(CCC(=O)N2CC(N)C[C@H]2C(=O)NC2CC2)cc1. The van der Waals surface area contributed by atoms with Crippen LogP contribution in [0.1, 0.15) is 57.6 Å². The summed E-state index contributed by atoms with van der Waals surface area (Å²) in [6.45, 7) is 6.26. The van der Waals surface area contributed by atoms with Crippen LogP contribution in [-0.2, 0) is 27.3 Å². The third kappa shape index (κ3) is 7.24. The molecule has 2 atom stereocenters. The summed E-state index contributed by atoms with van der Waals surface area (Å²) in [4.78, 5) is 38.6. The van der Waals surface area contributed by atoms with Gasteiger partial charge in [-0.05, 0) is 57.6 Å². The number of hydrogen-bond acceptors (Lipinski definition) is 5. The molecule has 0 aromatic heterocycles. The number of alkyl carbamates (subject to hydrolysis) is 1. The van der Waals surface area contributed by atoms with Crippen LogP contribution in [0.5, 0.6) is 0 Å². The van der Waals surface area contributed by atoms with Crippen molar-refractivity contribution < 1.29 is 19.1 Å². The fourth-order valence-electron chi connectivity index (χ4n) is 3.62. The van der Waals surface area contributed by atoms with Crippen LogP contribution in [0.15, 0.2) is 24.3 Å². The Kier molecular flexibility index (Phi) is 7.20. The number of benzene rings is 1. The number of hydrogen-bond donors (Lipinski definition) is 3. The Labute approximate surface area is 183 Å². The Morgan fingerprint density at radius 3 is 2.39 bits per heavy atom. The lowest BCUT2D eigenvalue weighted by Gasteiger charge is -2.24. The van der Waals surface area contributed by atoms with Crippen LogP contribution in [0.3, 0.4) is 0 Å². The molecule has 1 aliphatic carbocycles. The second-order valence-corrected chi connectivity index (χ2v) is 9.51. The van der Waals surface area contributed by atoms with E-state index in [1.807, 2.05) is 45.0 Å². The molecule has 2 fully saturated rings. The molecule has 2 aliphatic rings. The molecule has 4 N–H and O–H groups in total. The first-order chi connectivity index (χ1) is 14.6. The highest BCUT2D eigenvalue weighted by atomic mass is 16.6. The van der Waals surface area contributed by atoms with Crippen LogP contribution in [0.4, 0.5) is 4.79 Å². The molecule has 1 unspecified atom stereocenters. The summed E-state index contributed by atoms with van der Waals surface area (Å²) in [7, 11) is 0. The van der Waals surface area contributed by atoms with Gasteiger partial charge in [-0.15, -0.1) is 0 Å². The van der Waals surface area contributed by atoms with Crippen LogP contribution < -0.4 is 16.4 Å².